The standard InChI is InChI=1S/C38H37ClF3NO5S/c1-37(2,3)29-13-7-24(8-14-29)23-43(49(47,48)32-17-18-33(26-9-10-26)34(39)22-32)31-15-11-27(12-16-31)35(44)21-28(36(45)46)19-25-5-4-6-30(20-25)38(40,41)42/h4-8,11-18,20,22,26,28H,9-10,19,21,23H2,1-3H3,(H,45,46). The molecule has 5 rings (SSSR count). The lowest BCUT2D eigenvalue weighted by atomic mass is 9.87. The molecule has 0 heterocycles. The molecule has 4 aromatic carbocycles. The topological polar surface area (TPSA) is 91.8 Å². The third-order valence-electron chi connectivity index (χ3n) is 8.72. The maximum absolute atomic E-state index is 14.2. The van der Waals surface area contributed by atoms with Gasteiger partial charge in [-0.3, -0.25) is 13.9 Å². The minimum Gasteiger partial charge on any atom is -0.481 e. The molecule has 1 aliphatic carbocycles. The van der Waals surface area contributed by atoms with Crippen molar-refractivity contribution in [3.8, 4) is 0 Å². The molecule has 0 spiro atoms. The Kier molecular flexibility index (Phi) is 10.3. The van der Waals surface area contributed by atoms with Crippen molar-refractivity contribution in [2.24, 2.45) is 5.92 Å². The Balaban J connectivity index is 1.41. The largest absolute Gasteiger partial charge is 0.481 e. The van der Waals surface area contributed by atoms with Crippen LogP contribution in [0, 0.1) is 5.92 Å². The Labute approximate surface area is 289 Å². The minimum atomic E-state index is -4.59. The van der Waals surface area contributed by atoms with Crippen molar-refractivity contribution in [2.75, 3.05) is 4.31 Å². The highest BCUT2D eigenvalue weighted by Crippen LogP contribution is 2.44. The van der Waals surface area contributed by atoms with Crippen molar-refractivity contribution in [2.45, 2.75) is 75.4 Å². The summed E-state index contributed by atoms with van der Waals surface area (Å²) in [6.45, 7) is 6.24. The summed E-state index contributed by atoms with van der Waals surface area (Å²) in [6.07, 6.45) is -3.31. The van der Waals surface area contributed by atoms with Crippen LogP contribution in [0.5, 0.6) is 0 Å². The average molecular weight is 712 g/mol. The van der Waals surface area contributed by atoms with E-state index >= 15 is 0 Å². The van der Waals surface area contributed by atoms with E-state index in [1.54, 1.807) is 12.1 Å². The number of hydrogen-bond donors (Lipinski definition) is 1. The molecule has 4 aromatic rings. The number of sulfonamides is 1. The molecule has 0 saturated heterocycles. The van der Waals surface area contributed by atoms with Crippen molar-refractivity contribution >= 4 is 39.1 Å². The molecule has 11 heteroatoms. The second-order valence-corrected chi connectivity index (χ2v) is 15.8. The van der Waals surface area contributed by atoms with Gasteiger partial charge in [0.05, 0.1) is 28.6 Å². The summed E-state index contributed by atoms with van der Waals surface area (Å²) in [5.41, 5.74) is 2.30. The second-order valence-electron chi connectivity index (χ2n) is 13.5. The minimum absolute atomic E-state index is 0.0138. The van der Waals surface area contributed by atoms with E-state index in [0.29, 0.717) is 10.9 Å². The third-order valence-corrected chi connectivity index (χ3v) is 10.8. The summed E-state index contributed by atoms with van der Waals surface area (Å²) in [4.78, 5) is 25.3. The van der Waals surface area contributed by atoms with Crippen LogP contribution in [0.25, 0.3) is 0 Å². The van der Waals surface area contributed by atoms with Gasteiger partial charge < -0.3 is 5.11 Å². The quantitative estimate of drug-likeness (QED) is 0.148. The van der Waals surface area contributed by atoms with E-state index in [1.807, 2.05) is 24.3 Å². The van der Waals surface area contributed by atoms with Crippen LogP contribution in [-0.4, -0.2) is 25.3 Å². The number of ketones is 1. The maximum atomic E-state index is 14.2. The van der Waals surface area contributed by atoms with Crippen molar-refractivity contribution in [1.29, 1.82) is 0 Å². The molecule has 1 N–H and O–H groups in total. The Bertz CT molecular complexity index is 1950. The second kappa shape index (κ2) is 14.0. The predicted octanol–water partition coefficient (Wildman–Crippen LogP) is 9.45. The molecule has 1 unspecified atom stereocenters. The lowest BCUT2D eigenvalue weighted by Gasteiger charge is -2.26. The van der Waals surface area contributed by atoms with Crippen molar-refractivity contribution in [3.05, 3.63) is 129 Å². The zero-order chi connectivity index (χ0) is 35.7. The first-order chi connectivity index (χ1) is 22.9. The van der Waals surface area contributed by atoms with Gasteiger partial charge in [-0.1, -0.05) is 80.9 Å². The van der Waals surface area contributed by atoms with Crippen molar-refractivity contribution in [1.82, 2.24) is 0 Å². The molecule has 0 bridgehead atoms. The number of benzene rings is 4. The highest BCUT2D eigenvalue weighted by Gasteiger charge is 2.32. The van der Waals surface area contributed by atoms with Crippen LogP contribution in [0.2, 0.25) is 5.02 Å². The first kappa shape index (κ1) is 36.1. The zero-order valence-corrected chi connectivity index (χ0v) is 28.9. The third kappa shape index (κ3) is 8.72. The number of Topliss-reactive ketones (excluding diaryl/α,β-unsaturated/α-hetero) is 1. The van der Waals surface area contributed by atoms with Crippen LogP contribution in [-0.2, 0) is 39.4 Å². The van der Waals surface area contributed by atoms with Crippen LogP contribution in [0.4, 0.5) is 18.9 Å². The lowest BCUT2D eigenvalue weighted by molar-refractivity contribution is -0.141. The highest BCUT2D eigenvalue weighted by molar-refractivity contribution is 7.92. The predicted molar refractivity (Wildman–Crippen MR) is 184 cm³/mol. The molecule has 1 fully saturated rings. The fourth-order valence-corrected chi connectivity index (χ4v) is 7.55. The number of alkyl halides is 3. The Morgan fingerprint density at radius 3 is 2.08 bits per heavy atom. The molecule has 0 amide bonds. The highest BCUT2D eigenvalue weighted by atomic mass is 35.5. The normalized spacial score (nSPS) is 14.3. The van der Waals surface area contributed by atoms with Gasteiger partial charge in [0.2, 0.25) is 0 Å². The van der Waals surface area contributed by atoms with Gasteiger partial charge in [0, 0.05) is 17.0 Å². The maximum Gasteiger partial charge on any atom is 0.416 e. The van der Waals surface area contributed by atoms with Crippen LogP contribution in [0.3, 0.4) is 0 Å². The molecule has 1 aliphatic rings. The lowest BCUT2D eigenvalue weighted by Crippen LogP contribution is -2.30. The van der Waals surface area contributed by atoms with E-state index in [0.717, 1.165) is 41.7 Å². The first-order valence-corrected chi connectivity index (χ1v) is 17.7. The number of halogens is 4. The Hall–Kier alpha value is -4.15. The van der Waals surface area contributed by atoms with E-state index in [4.69, 9.17) is 11.6 Å². The summed E-state index contributed by atoms with van der Waals surface area (Å²) >= 11 is 6.53. The van der Waals surface area contributed by atoms with Crippen LogP contribution in [0.15, 0.2) is 95.9 Å². The number of anilines is 1. The van der Waals surface area contributed by atoms with Gasteiger partial charge in [0.1, 0.15) is 0 Å². The molecule has 1 saturated carbocycles. The smallest absolute Gasteiger partial charge is 0.416 e. The summed E-state index contributed by atoms with van der Waals surface area (Å²) in [5, 5.41) is 10.2. The number of hydrogen-bond acceptors (Lipinski definition) is 4. The van der Waals surface area contributed by atoms with Gasteiger partial charge in [-0.25, -0.2) is 8.42 Å². The monoisotopic (exact) mass is 711 g/mol. The molecule has 1 atom stereocenters. The number of carboxylic acids is 1. The van der Waals surface area contributed by atoms with Gasteiger partial charge in [-0.05, 0) is 95.3 Å². The van der Waals surface area contributed by atoms with Crippen LogP contribution < -0.4 is 4.31 Å². The van der Waals surface area contributed by atoms with E-state index < -0.39 is 45.9 Å². The Morgan fingerprint density at radius 2 is 1.53 bits per heavy atom. The number of nitrogens with zero attached hydrogens (tertiary/aromatic N) is 1. The molecule has 49 heavy (non-hydrogen) atoms. The number of carbonyl (C=O) groups is 2. The number of carboxylic acid groups (broad SMARTS) is 1. The van der Waals surface area contributed by atoms with Crippen LogP contribution in [0.1, 0.15) is 84.1 Å². The van der Waals surface area contributed by atoms with E-state index in [2.05, 4.69) is 20.8 Å². The molecular weight excluding hydrogens is 675 g/mol. The number of carbonyl (C=O) groups excluding carboxylic acids is 1. The van der Waals surface area contributed by atoms with Crippen molar-refractivity contribution < 1.29 is 36.3 Å². The van der Waals surface area contributed by atoms with Gasteiger partial charge in [0.15, 0.2) is 5.78 Å². The summed E-state index contributed by atoms with van der Waals surface area (Å²) in [6, 6.07) is 22.6. The van der Waals surface area contributed by atoms with Gasteiger partial charge in [0.25, 0.3) is 10.0 Å². The summed E-state index contributed by atoms with van der Waals surface area (Å²) in [5.74, 6) is -2.80. The van der Waals surface area contributed by atoms with E-state index in [-0.39, 0.29) is 40.1 Å². The summed E-state index contributed by atoms with van der Waals surface area (Å²) < 4.78 is 69.1. The molecule has 0 radical (unpaired) electrons. The van der Waals surface area contributed by atoms with E-state index in [9.17, 15) is 36.3 Å². The molecule has 6 nitrogen and oxygen atoms in total. The SMILES string of the molecule is CC(C)(C)c1ccc(CN(c2ccc(C(=O)CC(Cc3cccc(C(F)(F)F)c3)C(=O)O)cc2)S(=O)(=O)c2ccc(C3CC3)c(Cl)c2)cc1. The first-order valence-electron chi connectivity index (χ1n) is 15.9. The Morgan fingerprint density at radius 1 is 0.878 bits per heavy atom. The molecule has 258 valence electrons. The fraction of sp³-hybridized carbons (Fsp3) is 0.316. The van der Waals surface area contributed by atoms with Gasteiger partial charge in [-0.2, -0.15) is 13.2 Å². The van der Waals surface area contributed by atoms with Crippen LogP contribution >= 0.6 is 11.6 Å². The molecular formula is C38H37ClF3NO5S. The van der Waals surface area contributed by atoms with Crippen molar-refractivity contribution in [3.63, 3.8) is 0 Å². The zero-order valence-electron chi connectivity index (χ0n) is 27.3. The average Bonchev–Trinajstić information content (AvgIpc) is 3.88. The number of rotatable bonds is 12. The van der Waals surface area contributed by atoms with E-state index in [1.165, 1.54) is 46.8 Å². The van der Waals surface area contributed by atoms with Gasteiger partial charge >= 0.3 is 12.1 Å². The van der Waals surface area contributed by atoms with Gasteiger partial charge in [-0.15, -0.1) is 0 Å². The molecule has 0 aliphatic heterocycles. The molecule has 0 aromatic heterocycles. The summed E-state index contributed by atoms with van der Waals surface area (Å²) in [7, 11) is -4.14. The fourth-order valence-electron chi connectivity index (χ4n) is 5.67. The number of aliphatic carboxylic acids is 1.